The summed E-state index contributed by atoms with van der Waals surface area (Å²) >= 11 is 0.109. The second-order valence-corrected chi connectivity index (χ2v) is 6.74. The Morgan fingerprint density at radius 2 is 2.12 bits per heavy atom. The number of rotatable bonds is 5. The molecule has 3 nitrogen and oxygen atoms in total. The molecule has 0 bridgehead atoms. The predicted molar refractivity (Wildman–Crippen MR) is 70.5 cm³/mol. The van der Waals surface area contributed by atoms with Crippen molar-refractivity contribution in [2.45, 2.75) is 25.6 Å². The van der Waals surface area contributed by atoms with Crippen LogP contribution in [0.4, 0.5) is 5.69 Å². The topological polar surface area (TPSA) is 43.1 Å². The van der Waals surface area contributed by atoms with Crippen LogP contribution >= 0.6 is 0 Å². The Morgan fingerprint density at radius 1 is 1.47 bits per heavy atom. The Balaban J connectivity index is 2.65. The Bertz CT molecular complexity index is 449. The van der Waals surface area contributed by atoms with Gasteiger partial charge in [0.05, 0.1) is 0 Å². The maximum absolute atomic E-state index is 10.8. The standard InChI is InChI=1S/C13H15NO2Se/c1-4-13(2,3)9-10-17-12-8-6-5-7-11(12)14(15)16/h1,5-8H,9-10H2,2-3H3. The molecule has 0 unspecified atom stereocenters. The molecule has 0 aromatic heterocycles. The zero-order chi connectivity index (χ0) is 12.9. The van der Waals surface area contributed by atoms with Crippen molar-refractivity contribution in [3.63, 3.8) is 0 Å². The number of nitro benzene ring substituents is 1. The molecule has 0 aliphatic rings. The minimum atomic E-state index is -0.316. The van der Waals surface area contributed by atoms with Crippen LogP contribution in [-0.2, 0) is 0 Å². The molecule has 0 aliphatic carbocycles. The Morgan fingerprint density at radius 3 is 2.71 bits per heavy atom. The molecule has 1 aromatic carbocycles. The summed E-state index contributed by atoms with van der Waals surface area (Å²) in [5.41, 5.74) is 0.108. The van der Waals surface area contributed by atoms with E-state index in [4.69, 9.17) is 6.42 Å². The van der Waals surface area contributed by atoms with Crippen LogP contribution in [0.15, 0.2) is 24.3 Å². The van der Waals surface area contributed by atoms with E-state index in [1.54, 1.807) is 12.1 Å². The third-order valence-electron chi connectivity index (χ3n) is 2.44. The fourth-order valence-electron chi connectivity index (χ4n) is 1.22. The quantitative estimate of drug-likeness (QED) is 0.362. The molecule has 90 valence electrons. The molecule has 1 aromatic rings. The van der Waals surface area contributed by atoms with E-state index in [0.717, 1.165) is 16.2 Å². The van der Waals surface area contributed by atoms with E-state index >= 15 is 0 Å². The third-order valence-corrected chi connectivity index (χ3v) is 4.67. The molecule has 0 aliphatic heterocycles. The molecule has 0 amide bonds. The Hall–Kier alpha value is -1.30. The minimum absolute atomic E-state index is 0.109. The first kappa shape index (κ1) is 13.8. The SMILES string of the molecule is C#CC(C)(C)CC[Se]c1ccccc1[N+](=O)[O-]. The van der Waals surface area contributed by atoms with Crippen LogP contribution in [0.5, 0.6) is 0 Å². The molecule has 1 rings (SSSR count). The molecule has 0 atom stereocenters. The van der Waals surface area contributed by atoms with E-state index in [9.17, 15) is 10.1 Å². The predicted octanol–water partition coefficient (Wildman–Crippen LogP) is 2.39. The van der Waals surface area contributed by atoms with Gasteiger partial charge in [0.1, 0.15) is 0 Å². The normalized spacial score (nSPS) is 10.9. The van der Waals surface area contributed by atoms with E-state index in [1.807, 2.05) is 26.0 Å². The van der Waals surface area contributed by atoms with Gasteiger partial charge in [-0.3, -0.25) is 0 Å². The van der Waals surface area contributed by atoms with Crippen molar-refractivity contribution in [1.29, 1.82) is 0 Å². The summed E-state index contributed by atoms with van der Waals surface area (Å²) in [5.74, 6) is 2.74. The zero-order valence-electron chi connectivity index (χ0n) is 9.97. The second kappa shape index (κ2) is 5.86. The Kier molecular flexibility index (Phi) is 4.74. The van der Waals surface area contributed by atoms with E-state index in [2.05, 4.69) is 5.92 Å². The molecule has 0 saturated carbocycles. The number of para-hydroxylation sites is 1. The molecule has 0 heterocycles. The summed E-state index contributed by atoms with van der Waals surface area (Å²) in [6.45, 7) is 4.03. The van der Waals surface area contributed by atoms with Crippen LogP contribution < -0.4 is 4.46 Å². The molecular weight excluding hydrogens is 281 g/mol. The first-order chi connectivity index (χ1) is 7.96. The van der Waals surface area contributed by atoms with E-state index in [-0.39, 0.29) is 31.0 Å². The van der Waals surface area contributed by atoms with Gasteiger partial charge in [0, 0.05) is 0 Å². The van der Waals surface area contributed by atoms with Gasteiger partial charge in [-0.1, -0.05) is 0 Å². The number of nitrogens with zero attached hydrogens (tertiary/aromatic N) is 1. The van der Waals surface area contributed by atoms with Crippen molar-refractivity contribution in [2.24, 2.45) is 5.41 Å². The summed E-state index contributed by atoms with van der Waals surface area (Å²) in [4.78, 5) is 10.5. The van der Waals surface area contributed by atoms with Gasteiger partial charge >= 0.3 is 108 Å². The average molecular weight is 296 g/mol. The fourth-order valence-corrected chi connectivity index (χ4v) is 3.94. The Labute approximate surface area is 108 Å². The summed E-state index contributed by atoms with van der Waals surface area (Å²) in [7, 11) is 0. The summed E-state index contributed by atoms with van der Waals surface area (Å²) in [5, 5.41) is 11.7. The number of benzene rings is 1. The van der Waals surface area contributed by atoms with Crippen molar-refractivity contribution in [1.82, 2.24) is 0 Å². The van der Waals surface area contributed by atoms with E-state index in [0.29, 0.717) is 0 Å². The van der Waals surface area contributed by atoms with Crippen LogP contribution in [0.2, 0.25) is 5.32 Å². The summed E-state index contributed by atoms with van der Waals surface area (Å²) in [6, 6.07) is 6.93. The molecule has 0 fully saturated rings. The summed E-state index contributed by atoms with van der Waals surface area (Å²) < 4.78 is 0.845. The van der Waals surface area contributed by atoms with Gasteiger partial charge in [-0.15, -0.1) is 0 Å². The molecule has 0 saturated heterocycles. The zero-order valence-corrected chi connectivity index (χ0v) is 11.7. The average Bonchev–Trinajstić information content (AvgIpc) is 2.29. The van der Waals surface area contributed by atoms with Crippen molar-refractivity contribution in [3.8, 4) is 12.3 Å². The van der Waals surface area contributed by atoms with Crippen LogP contribution in [0.25, 0.3) is 0 Å². The van der Waals surface area contributed by atoms with Gasteiger partial charge in [0.15, 0.2) is 0 Å². The van der Waals surface area contributed by atoms with Gasteiger partial charge in [-0.25, -0.2) is 0 Å². The van der Waals surface area contributed by atoms with Gasteiger partial charge in [0.25, 0.3) is 0 Å². The fraction of sp³-hybridized carbons (Fsp3) is 0.385. The first-order valence-corrected chi connectivity index (χ1v) is 7.37. The van der Waals surface area contributed by atoms with Crippen LogP contribution in [0, 0.1) is 27.9 Å². The molecular formula is C13H15NO2Se. The molecule has 17 heavy (non-hydrogen) atoms. The molecule has 0 radical (unpaired) electrons. The number of terminal acetylenes is 1. The second-order valence-electron chi connectivity index (χ2n) is 4.35. The third kappa shape index (κ3) is 4.22. The maximum atomic E-state index is 10.8. The molecule has 4 heteroatoms. The first-order valence-electron chi connectivity index (χ1n) is 5.30. The molecule has 0 spiro atoms. The number of nitro groups is 1. The molecule has 0 N–H and O–H groups in total. The van der Waals surface area contributed by atoms with Crippen LogP contribution in [0.1, 0.15) is 20.3 Å². The van der Waals surface area contributed by atoms with Gasteiger partial charge < -0.3 is 0 Å². The van der Waals surface area contributed by atoms with Gasteiger partial charge in [-0.05, 0) is 0 Å². The van der Waals surface area contributed by atoms with Gasteiger partial charge in [0.2, 0.25) is 0 Å². The van der Waals surface area contributed by atoms with Crippen molar-refractivity contribution in [2.75, 3.05) is 0 Å². The van der Waals surface area contributed by atoms with E-state index < -0.39 is 0 Å². The van der Waals surface area contributed by atoms with Gasteiger partial charge in [-0.2, -0.15) is 0 Å². The van der Waals surface area contributed by atoms with Crippen molar-refractivity contribution < 1.29 is 4.92 Å². The van der Waals surface area contributed by atoms with Crippen LogP contribution in [0.3, 0.4) is 0 Å². The van der Waals surface area contributed by atoms with Crippen LogP contribution in [-0.4, -0.2) is 19.9 Å². The van der Waals surface area contributed by atoms with Crippen molar-refractivity contribution >= 4 is 25.1 Å². The van der Waals surface area contributed by atoms with Crippen molar-refractivity contribution in [3.05, 3.63) is 34.4 Å². The monoisotopic (exact) mass is 297 g/mol. The number of hydrogen-bond acceptors (Lipinski definition) is 2. The number of hydrogen-bond donors (Lipinski definition) is 0. The summed E-state index contributed by atoms with van der Waals surface area (Å²) in [6.07, 6.45) is 6.31. The van der Waals surface area contributed by atoms with E-state index in [1.165, 1.54) is 0 Å².